The molecule has 142 valence electrons. The zero-order chi connectivity index (χ0) is 18.6. The molecule has 0 unspecified atom stereocenters. The van der Waals surface area contributed by atoms with Crippen LogP contribution in [0.3, 0.4) is 0 Å². The Balaban J connectivity index is 1.41. The van der Waals surface area contributed by atoms with Crippen molar-refractivity contribution >= 4 is 46.2 Å². The van der Waals surface area contributed by atoms with Gasteiger partial charge in [0.05, 0.1) is 10.7 Å². The smallest absolute Gasteiger partial charge is 0.159 e. The molecule has 4 aliphatic rings. The Labute approximate surface area is 169 Å². The van der Waals surface area contributed by atoms with Crippen molar-refractivity contribution < 1.29 is 0 Å². The van der Waals surface area contributed by atoms with Crippen LogP contribution in [0.15, 0.2) is 24.5 Å². The van der Waals surface area contributed by atoms with E-state index in [1.165, 1.54) is 38.5 Å². The molecule has 2 aromatic rings. The third-order valence-corrected chi connectivity index (χ3v) is 7.05. The summed E-state index contributed by atoms with van der Waals surface area (Å²) in [5, 5.41) is 8.09. The Hall–Kier alpha value is -1.72. The van der Waals surface area contributed by atoms with Gasteiger partial charge in [-0.3, -0.25) is 0 Å². The number of benzene rings is 1. The van der Waals surface area contributed by atoms with Crippen molar-refractivity contribution in [2.45, 2.75) is 44.1 Å². The second-order valence-corrected chi connectivity index (χ2v) is 9.40. The monoisotopic (exact) mass is 403 g/mol. The molecule has 0 radical (unpaired) electrons. The van der Waals surface area contributed by atoms with Crippen LogP contribution < -0.4 is 16.4 Å². The maximum absolute atomic E-state index is 6.42. The van der Waals surface area contributed by atoms with Crippen molar-refractivity contribution in [1.82, 2.24) is 9.97 Å². The van der Waals surface area contributed by atoms with Crippen LogP contribution in [0.25, 0.3) is 0 Å². The standard InChI is InChI=1S/C20H23Cl2N5/c21-14-1-2-15(22)16(6-14)26-18-17(23)19(25-10-24-18)27-20-7-11-3-12(8-20)5-13(4-11)9-20/h1-2,6,10-13H,3-5,7-9,23H2,(H2,24,25,26,27). The van der Waals surface area contributed by atoms with Gasteiger partial charge in [-0.05, 0) is 74.5 Å². The molecule has 0 spiro atoms. The van der Waals surface area contributed by atoms with Gasteiger partial charge in [0.25, 0.3) is 0 Å². The van der Waals surface area contributed by atoms with Gasteiger partial charge in [0.15, 0.2) is 11.6 Å². The van der Waals surface area contributed by atoms with Gasteiger partial charge in [-0.25, -0.2) is 9.97 Å². The quantitative estimate of drug-likeness (QED) is 0.628. The highest BCUT2D eigenvalue weighted by molar-refractivity contribution is 6.35. The number of nitrogens with one attached hydrogen (secondary N) is 2. The molecule has 1 aromatic carbocycles. The second kappa shape index (κ2) is 6.42. The SMILES string of the molecule is Nc1c(Nc2cc(Cl)ccc2Cl)ncnc1NC12CC3CC(CC(C3)C1)C2. The van der Waals surface area contributed by atoms with E-state index in [9.17, 15) is 0 Å². The van der Waals surface area contributed by atoms with Crippen molar-refractivity contribution in [1.29, 1.82) is 0 Å². The number of anilines is 4. The van der Waals surface area contributed by atoms with Crippen molar-refractivity contribution in [2.24, 2.45) is 17.8 Å². The van der Waals surface area contributed by atoms with E-state index in [1.54, 1.807) is 24.5 Å². The van der Waals surface area contributed by atoms with Gasteiger partial charge >= 0.3 is 0 Å². The lowest BCUT2D eigenvalue weighted by molar-refractivity contribution is 0.0106. The molecular weight excluding hydrogens is 381 g/mol. The number of halogens is 2. The van der Waals surface area contributed by atoms with Crippen molar-refractivity contribution in [2.75, 3.05) is 16.4 Å². The number of hydrogen-bond acceptors (Lipinski definition) is 5. The molecule has 4 bridgehead atoms. The lowest BCUT2D eigenvalue weighted by Crippen LogP contribution is -2.55. The minimum atomic E-state index is 0.141. The third kappa shape index (κ3) is 3.21. The molecule has 5 nitrogen and oxygen atoms in total. The number of nitrogen functional groups attached to an aromatic ring is 1. The maximum atomic E-state index is 6.42. The van der Waals surface area contributed by atoms with Gasteiger partial charge in [-0.2, -0.15) is 0 Å². The fourth-order valence-electron chi connectivity index (χ4n) is 5.83. The number of hydrogen-bond donors (Lipinski definition) is 3. The minimum absolute atomic E-state index is 0.141. The molecular formula is C20H23Cl2N5. The Kier molecular flexibility index (Phi) is 4.13. The molecule has 0 aliphatic heterocycles. The summed E-state index contributed by atoms with van der Waals surface area (Å²) < 4.78 is 0. The van der Waals surface area contributed by atoms with Gasteiger partial charge < -0.3 is 16.4 Å². The summed E-state index contributed by atoms with van der Waals surface area (Å²) in [6.45, 7) is 0. The zero-order valence-electron chi connectivity index (χ0n) is 15.0. The summed E-state index contributed by atoms with van der Waals surface area (Å²) in [5.41, 5.74) is 7.76. The number of nitrogens with zero attached hydrogens (tertiary/aromatic N) is 2. The molecule has 4 aliphatic carbocycles. The fourth-order valence-corrected chi connectivity index (χ4v) is 6.17. The largest absolute Gasteiger partial charge is 0.393 e. The molecule has 0 atom stereocenters. The van der Waals surface area contributed by atoms with Crippen LogP contribution in [0.1, 0.15) is 38.5 Å². The van der Waals surface area contributed by atoms with Crippen LogP contribution in [0.2, 0.25) is 10.0 Å². The van der Waals surface area contributed by atoms with E-state index in [2.05, 4.69) is 20.6 Å². The minimum Gasteiger partial charge on any atom is -0.393 e. The van der Waals surface area contributed by atoms with E-state index in [-0.39, 0.29) is 5.54 Å². The summed E-state index contributed by atoms with van der Waals surface area (Å²) in [6, 6.07) is 5.26. The van der Waals surface area contributed by atoms with Gasteiger partial charge in [-0.15, -0.1) is 0 Å². The van der Waals surface area contributed by atoms with Gasteiger partial charge in [0, 0.05) is 10.6 Å². The summed E-state index contributed by atoms with van der Waals surface area (Å²) >= 11 is 12.3. The molecule has 0 amide bonds. The van der Waals surface area contributed by atoms with Crippen LogP contribution in [-0.2, 0) is 0 Å². The van der Waals surface area contributed by atoms with E-state index >= 15 is 0 Å². The van der Waals surface area contributed by atoms with Crippen molar-refractivity contribution in [3.05, 3.63) is 34.6 Å². The van der Waals surface area contributed by atoms with Crippen LogP contribution in [0.4, 0.5) is 23.0 Å². The highest BCUT2D eigenvalue weighted by Gasteiger charge is 2.51. The van der Waals surface area contributed by atoms with E-state index in [1.807, 2.05) is 0 Å². The average molecular weight is 404 g/mol. The summed E-state index contributed by atoms with van der Waals surface area (Å²) in [7, 11) is 0. The lowest BCUT2D eigenvalue weighted by atomic mass is 9.53. The Morgan fingerprint density at radius 2 is 1.59 bits per heavy atom. The first kappa shape index (κ1) is 17.4. The first-order chi connectivity index (χ1) is 13.0. The predicted molar refractivity (Wildman–Crippen MR) is 111 cm³/mol. The normalized spacial score (nSPS) is 31.1. The number of rotatable bonds is 4. The zero-order valence-corrected chi connectivity index (χ0v) is 16.5. The van der Waals surface area contributed by atoms with Crippen LogP contribution >= 0.6 is 23.2 Å². The van der Waals surface area contributed by atoms with Crippen LogP contribution in [0, 0.1) is 17.8 Å². The summed E-state index contributed by atoms with van der Waals surface area (Å²) in [4.78, 5) is 8.76. The molecule has 6 rings (SSSR count). The highest BCUT2D eigenvalue weighted by Crippen LogP contribution is 2.56. The molecule has 1 aromatic heterocycles. The van der Waals surface area contributed by atoms with E-state index in [0.29, 0.717) is 33.1 Å². The van der Waals surface area contributed by atoms with Crippen molar-refractivity contribution in [3.63, 3.8) is 0 Å². The molecule has 4 N–H and O–H groups in total. The Bertz CT molecular complexity index is 849. The lowest BCUT2D eigenvalue weighted by Gasteiger charge is -2.57. The number of aromatic nitrogens is 2. The molecule has 27 heavy (non-hydrogen) atoms. The first-order valence-corrected chi connectivity index (χ1v) is 10.4. The summed E-state index contributed by atoms with van der Waals surface area (Å²) in [6.07, 6.45) is 9.43. The van der Waals surface area contributed by atoms with Gasteiger partial charge in [0.1, 0.15) is 12.0 Å². The van der Waals surface area contributed by atoms with E-state index < -0.39 is 0 Å². The maximum Gasteiger partial charge on any atom is 0.159 e. The van der Waals surface area contributed by atoms with Crippen molar-refractivity contribution in [3.8, 4) is 0 Å². The van der Waals surface area contributed by atoms with Gasteiger partial charge in [-0.1, -0.05) is 23.2 Å². The predicted octanol–water partition coefficient (Wildman–Crippen LogP) is 5.49. The van der Waals surface area contributed by atoms with E-state index in [4.69, 9.17) is 28.9 Å². The summed E-state index contributed by atoms with van der Waals surface area (Å²) in [5.74, 6) is 3.83. The van der Waals surface area contributed by atoms with Crippen LogP contribution in [-0.4, -0.2) is 15.5 Å². The first-order valence-electron chi connectivity index (χ1n) is 9.60. The second-order valence-electron chi connectivity index (χ2n) is 8.56. The molecule has 1 heterocycles. The number of nitrogens with two attached hydrogens (primary N) is 1. The average Bonchev–Trinajstić information content (AvgIpc) is 2.60. The molecule has 0 saturated heterocycles. The molecule has 7 heteroatoms. The van der Waals surface area contributed by atoms with Gasteiger partial charge in [0.2, 0.25) is 0 Å². The molecule has 4 fully saturated rings. The highest BCUT2D eigenvalue weighted by atomic mass is 35.5. The molecule has 4 saturated carbocycles. The Morgan fingerprint density at radius 3 is 2.26 bits per heavy atom. The Morgan fingerprint density at radius 1 is 0.963 bits per heavy atom. The topological polar surface area (TPSA) is 75.9 Å². The fraction of sp³-hybridized carbons (Fsp3) is 0.500. The van der Waals surface area contributed by atoms with Crippen LogP contribution in [0.5, 0.6) is 0 Å². The third-order valence-electron chi connectivity index (χ3n) is 6.49. The van der Waals surface area contributed by atoms with E-state index in [0.717, 1.165) is 17.8 Å².